The van der Waals surface area contributed by atoms with Crippen LogP contribution in [0.5, 0.6) is 0 Å². The van der Waals surface area contributed by atoms with Gasteiger partial charge in [0.25, 0.3) is 11.7 Å². The molecule has 0 spiro atoms. The third-order valence-electron chi connectivity index (χ3n) is 5.50. The summed E-state index contributed by atoms with van der Waals surface area (Å²) < 4.78 is 0. The Morgan fingerprint density at radius 1 is 1.13 bits per heavy atom. The SMILES string of the molecule is CCc1ccc(/C(O)=C2\C(=O)C(=O)N(c3ccc(Cl)cc3C)C2c2cccnc2)cc1. The number of Topliss-reactive ketones (excluding diaryl/α,β-unsaturated/α-hetero) is 1. The monoisotopic (exact) mass is 432 g/mol. The highest BCUT2D eigenvalue weighted by atomic mass is 35.5. The lowest BCUT2D eigenvalue weighted by atomic mass is 9.95. The second kappa shape index (κ2) is 8.36. The first-order chi connectivity index (χ1) is 14.9. The zero-order valence-electron chi connectivity index (χ0n) is 17.2. The molecule has 6 heteroatoms. The highest BCUT2D eigenvalue weighted by Gasteiger charge is 2.47. The molecule has 0 bridgehead atoms. The number of aliphatic hydroxyl groups excluding tert-OH is 1. The number of aromatic nitrogens is 1. The molecular weight excluding hydrogens is 412 g/mol. The van der Waals surface area contributed by atoms with E-state index < -0.39 is 17.7 Å². The average molecular weight is 433 g/mol. The van der Waals surface area contributed by atoms with Crippen LogP contribution in [0, 0.1) is 6.92 Å². The minimum atomic E-state index is -0.806. The molecule has 1 atom stereocenters. The van der Waals surface area contributed by atoms with E-state index in [2.05, 4.69) is 4.98 Å². The molecule has 1 aromatic heterocycles. The fourth-order valence-electron chi connectivity index (χ4n) is 3.88. The standard InChI is InChI=1S/C25H21ClN2O3/c1-3-16-6-8-17(9-7-16)23(29)21-22(18-5-4-12-27-14-18)28(25(31)24(21)30)20-11-10-19(26)13-15(20)2/h4-14,22,29H,3H2,1-2H3/b23-21+. The third-order valence-corrected chi connectivity index (χ3v) is 5.73. The van der Waals surface area contributed by atoms with Crippen molar-refractivity contribution in [2.24, 2.45) is 0 Å². The molecule has 5 nitrogen and oxygen atoms in total. The normalized spacial score (nSPS) is 17.9. The molecule has 1 amide bonds. The number of aryl methyl sites for hydroxylation is 2. The number of nitrogens with zero attached hydrogens (tertiary/aromatic N) is 2. The van der Waals surface area contributed by atoms with Crippen LogP contribution in [0.2, 0.25) is 5.02 Å². The molecule has 3 aromatic rings. The predicted molar refractivity (Wildman–Crippen MR) is 121 cm³/mol. The summed E-state index contributed by atoms with van der Waals surface area (Å²) in [5.41, 5.74) is 3.56. The van der Waals surface area contributed by atoms with Crippen LogP contribution in [0.3, 0.4) is 0 Å². The Morgan fingerprint density at radius 2 is 1.87 bits per heavy atom. The van der Waals surface area contributed by atoms with Gasteiger partial charge in [0.2, 0.25) is 0 Å². The van der Waals surface area contributed by atoms with E-state index in [1.54, 1.807) is 54.9 Å². The van der Waals surface area contributed by atoms with Crippen LogP contribution in [0.15, 0.2) is 72.6 Å². The molecular formula is C25H21ClN2O3. The van der Waals surface area contributed by atoms with Crippen LogP contribution in [0.1, 0.15) is 35.2 Å². The molecule has 1 aliphatic rings. The fraction of sp³-hybridized carbons (Fsp3) is 0.160. The van der Waals surface area contributed by atoms with E-state index in [1.165, 1.54) is 4.90 Å². The maximum atomic E-state index is 13.2. The van der Waals surface area contributed by atoms with E-state index in [9.17, 15) is 14.7 Å². The van der Waals surface area contributed by atoms with Gasteiger partial charge in [0.1, 0.15) is 5.76 Å². The first kappa shape index (κ1) is 20.8. The van der Waals surface area contributed by atoms with Gasteiger partial charge in [-0.1, -0.05) is 48.9 Å². The number of benzene rings is 2. The van der Waals surface area contributed by atoms with E-state index in [4.69, 9.17) is 11.6 Å². The Bertz CT molecular complexity index is 1190. The smallest absolute Gasteiger partial charge is 0.300 e. The summed E-state index contributed by atoms with van der Waals surface area (Å²) in [6.45, 7) is 3.86. The highest BCUT2D eigenvalue weighted by Crippen LogP contribution is 2.43. The molecule has 1 saturated heterocycles. The number of carbonyl (C=O) groups is 2. The summed E-state index contributed by atoms with van der Waals surface area (Å²) in [5, 5.41) is 11.7. The zero-order chi connectivity index (χ0) is 22.1. The van der Waals surface area contributed by atoms with Gasteiger partial charge in [0.15, 0.2) is 0 Å². The lowest BCUT2D eigenvalue weighted by Crippen LogP contribution is -2.30. The quantitative estimate of drug-likeness (QED) is 0.348. The second-order valence-corrected chi connectivity index (χ2v) is 7.87. The van der Waals surface area contributed by atoms with Crippen molar-refractivity contribution in [2.75, 3.05) is 4.90 Å². The molecule has 156 valence electrons. The number of rotatable bonds is 4. The van der Waals surface area contributed by atoms with Crippen LogP contribution in [-0.2, 0) is 16.0 Å². The molecule has 1 aliphatic heterocycles. The number of aliphatic hydroxyl groups is 1. The van der Waals surface area contributed by atoms with Crippen LogP contribution in [0.25, 0.3) is 5.76 Å². The van der Waals surface area contributed by atoms with Gasteiger partial charge >= 0.3 is 0 Å². The molecule has 1 unspecified atom stereocenters. The maximum Gasteiger partial charge on any atom is 0.300 e. The molecule has 31 heavy (non-hydrogen) atoms. The van der Waals surface area contributed by atoms with E-state index >= 15 is 0 Å². The van der Waals surface area contributed by atoms with Crippen LogP contribution in [0.4, 0.5) is 5.69 Å². The second-order valence-electron chi connectivity index (χ2n) is 7.44. The Labute approximate surface area is 185 Å². The lowest BCUT2D eigenvalue weighted by molar-refractivity contribution is -0.132. The number of ketones is 1. The Morgan fingerprint density at radius 3 is 2.48 bits per heavy atom. The van der Waals surface area contributed by atoms with Gasteiger partial charge in [0.05, 0.1) is 11.6 Å². The summed E-state index contributed by atoms with van der Waals surface area (Å²) in [6.07, 6.45) is 4.08. The summed E-state index contributed by atoms with van der Waals surface area (Å²) in [7, 11) is 0. The number of hydrogen-bond acceptors (Lipinski definition) is 4. The largest absolute Gasteiger partial charge is 0.507 e. The number of halogens is 1. The molecule has 0 radical (unpaired) electrons. The Kier molecular flexibility index (Phi) is 5.61. The van der Waals surface area contributed by atoms with Crippen molar-refractivity contribution in [1.29, 1.82) is 0 Å². The number of anilines is 1. The topological polar surface area (TPSA) is 70.5 Å². The number of hydrogen-bond donors (Lipinski definition) is 1. The molecule has 0 saturated carbocycles. The van der Waals surface area contributed by atoms with Crippen molar-refractivity contribution < 1.29 is 14.7 Å². The minimum Gasteiger partial charge on any atom is -0.507 e. The summed E-state index contributed by atoms with van der Waals surface area (Å²) in [4.78, 5) is 31.9. The molecule has 2 heterocycles. The van der Waals surface area contributed by atoms with Crippen LogP contribution >= 0.6 is 11.6 Å². The average Bonchev–Trinajstić information content (AvgIpc) is 3.04. The van der Waals surface area contributed by atoms with Gasteiger partial charge in [-0.2, -0.15) is 0 Å². The van der Waals surface area contributed by atoms with E-state index in [1.807, 2.05) is 26.0 Å². The van der Waals surface area contributed by atoms with Crippen molar-refractivity contribution in [3.63, 3.8) is 0 Å². The minimum absolute atomic E-state index is 0.0385. The van der Waals surface area contributed by atoms with Gasteiger partial charge in [-0.3, -0.25) is 19.5 Å². The first-order valence-electron chi connectivity index (χ1n) is 9.98. The molecule has 1 fully saturated rings. The number of amides is 1. The molecule has 4 rings (SSSR count). The Balaban J connectivity index is 1.93. The van der Waals surface area contributed by atoms with Gasteiger partial charge in [0, 0.05) is 28.7 Å². The van der Waals surface area contributed by atoms with Crippen molar-refractivity contribution in [3.05, 3.63) is 99.8 Å². The summed E-state index contributed by atoms with van der Waals surface area (Å²) >= 11 is 6.10. The lowest BCUT2D eigenvalue weighted by Gasteiger charge is -2.26. The van der Waals surface area contributed by atoms with Gasteiger partial charge in [-0.05, 0) is 54.3 Å². The van der Waals surface area contributed by atoms with Crippen molar-refractivity contribution in [1.82, 2.24) is 4.98 Å². The number of carbonyl (C=O) groups excluding carboxylic acids is 2. The van der Waals surface area contributed by atoms with E-state index in [0.29, 0.717) is 21.8 Å². The summed E-state index contributed by atoms with van der Waals surface area (Å²) in [5.74, 6) is -1.64. The molecule has 1 N–H and O–H groups in total. The van der Waals surface area contributed by atoms with Crippen LogP contribution < -0.4 is 4.90 Å². The molecule has 2 aromatic carbocycles. The van der Waals surface area contributed by atoms with Crippen molar-refractivity contribution in [3.8, 4) is 0 Å². The Hall–Kier alpha value is -3.44. The summed E-state index contributed by atoms with van der Waals surface area (Å²) in [6, 6.07) is 15.1. The molecule has 0 aliphatic carbocycles. The zero-order valence-corrected chi connectivity index (χ0v) is 17.9. The first-order valence-corrected chi connectivity index (χ1v) is 10.4. The maximum absolute atomic E-state index is 13.2. The van der Waals surface area contributed by atoms with Crippen molar-refractivity contribution >= 4 is 34.7 Å². The van der Waals surface area contributed by atoms with Gasteiger partial charge in [-0.25, -0.2) is 0 Å². The predicted octanol–water partition coefficient (Wildman–Crippen LogP) is 5.23. The third kappa shape index (κ3) is 3.73. The van der Waals surface area contributed by atoms with E-state index in [0.717, 1.165) is 17.5 Å². The van der Waals surface area contributed by atoms with Gasteiger partial charge in [-0.15, -0.1) is 0 Å². The van der Waals surface area contributed by atoms with E-state index in [-0.39, 0.29) is 11.3 Å². The number of pyridine rings is 1. The highest BCUT2D eigenvalue weighted by molar-refractivity contribution is 6.51. The van der Waals surface area contributed by atoms with Gasteiger partial charge < -0.3 is 5.11 Å². The van der Waals surface area contributed by atoms with Crippen molar-refractivity contribution in [2.45, 2.75) is 26.3 Å². The van der Waals surface area contributed by atoms with Crippen LogP contribution in [-0.4, -0.2) is 21.8 Å². The fourth-order valence-corrected chi connectivity index (χ4v) is 4.10.